The second kappa shape index (κ2) is 6.00. The number of rotatable bonds is 5. The molecule has 4 nitrogen and oxygen atoms in total. The summed E-state index contributed by atoms with van der Waals surface area (Å²) in [4.78, 5) is 14.9. The third-order valence-corrected chi connectivity index (χ3v) is 2.76. The molecule has 0 amide bonds. The van der Waals surface area contributed by atoms with Crippen molar-refractivity contribution in [1.82, 2.24) is 4.98 Å². The first kappa shape index (κ1) is 13.1. The molecule has 1 aromatic carbocycles. The average molecular weight is 256 g/mol. The van der Waals surface area contributed by atoms with Crippen LogP contribution in [0.25, 0.3) is 11.1 Å². The number of hydrogen-bond acceptors (Lipinski definition) is 3. The van der Waals surface area contributed by atoms with Crippen molar-refractivity contribution in [2.75, 3.05) is 11.9 Å². The fourth-order valence-electron chi connectivity index (χ4n) is 1.84. The van der Waals surface area contributed by atoms with Crippen LogP contribution in [0.5, 0.6) is 0 Å². The topological polar surface area (TPSA) is 62.2 Å². The molecule has 19 heavy (non-hydrogen) atoms. The van der Waals surface area contributed by atoms with Crippen LogP contribution >= 0.6 is 0 Å². The van der Waals surface area contributed by atoms with Crippen LogP contribution in [0.1, 0.15) is 12.5 Å². The quantitative estimate of drug-likeness (QED) is 0.863. The Morgan fingerprint density at radius 3 is 2.37 bits per heavy atom. The van der Waals surface area contributed by atoms with E-state index in [0.717, 1.165) is 29.1 Å². The fourth-order valence-corrected chi connectivity index (χ4v) is 1.84. The van der Waals surface area contributed by atoms with Gasteiger partial charge in [-0.1, -0.05) is 24.3 Å². The number of carboxylic acid groups (broad SMARTS) is 1. The normalized spacial score (nSPS) is 10.2. The lowest BCUT2D eigenvalue weighted by atomic mass is 10.0. The number of aliphatic carboxylic acids is 1. The van der Waals surface area contributed by atoms with Gasteiger partial charge in [-0.3, -0.25) is 4.79 Å². The van der Waals surface area contributed by atoms with Crippen molar-refractivity contribution in [2.24, 2.45) is 0 Å². The van der Waals surface area contributed by atoms with Crippen molar-refractivity contribution in [3.8, 4) is 11.1 Å². The van der Waals surface area contributed by atoms with Crippen LogP contribution in [0.2, 0.25) is 0 Å². The van der Waals surface area contributed by atoms with Crippen LogP contribution in [0.3, 0.4) is 0 Å². The van der Waals surface area contributed by atoms with Crippen molar-refractivity contribution in [3.05, 3.63) is 48.2 Å². The predicted molar refractivity (Wildman–Crippen MR) is 75.2 cm³/mol. The molecule has 0 aliphatic heterocycles. The first-order chi connectivity index (χ1) is 9.19. The Balaban J connectivity index is 2.15. The molecule has 1 aromatic heterocycles. The Kier molecular flexibility index (Phi) is 4.13. The van der Waals surface area contributed by atoms with E-state index in [9.17, 15) is 4.79 Å². The van der Waals surface area contributed by atoms with Crippen LogP contribution in [0, 0.1) is 0 Å². The standard InChI is InChI=1S/C15H16N2O2/c1-2-16-14-8-7-13(10-17-14)12-5-3-11(4-6-12)9-15(18)19/h3-8,10H,2,9H2,1H3,(H,16,17)(H,18,19). The summed E-state index contributed by atoms with van der Waals surface area (Å²) in [6.07, 6.45) is 1.86. The summed E-state index contributed by atoms with van der Waals surface area (Å²) in [6.45, 7) is 2.87. The number of hydrogen-bond donors (Lipinski definition) is 2. The van der Waals surface area contributed by atoms with Crippen molar-refractivity contribution in [1.29, 1.82) is 0 Å². The summed E-state index contributed by atoms with van der Waals surface area (Å²) in [7, 11) is 0. The van der Waals surface area contributed by atoms with E-state index >= 15 is 0 Å². The van der Waals surface area contributed by atoms with E-state index in [1.165, 1.54) is 0 Å². The molecule has 0 bridgehead atoms. The molecular weight excluding hydrogens is 240 g/mol. The van der Waals surface area contributed by atoms with Crippen molar-refractivity contribution in [3.63, 3.8) is 0 Å². The van der Waals surface area contributed by atoms with Crippen LogP contribution < -0.4 is 5.32 Å². The van der Waals surface area contributed by atoms with Crippen molar-refractivity contribution in [2.45, 2.75) is 13.3 Å². The maximum absolute atomic E-state index is 10.6. The summed E-state index contributed by atoms with van der Waals surface area (Å²) in [5.41, 5.74) is 2.85. The molecule has 0 spiro atoms. The van der Waals surface area contributed by atoms with Gasteiger partial charge in [0.25, 0.3) is 0 Å². The van der Waals surface area contributed by atoms with Gasteiger partial charge >= 0.3 is 5.97 Å². The predicted octanol–water partition coefficient (Wildman–Crippen LogP) is 2.81. The number of nitrogens with one attached hydrogen (secondary N) is 1. The zero-order chi connectivity index (χ0) is 13.7. The molecule has 0 atom stereocenters. The van der Waals surface area contributed by atoms with E-state index < -0.39 is 5.97 Å². The fraction of sp³-hybridized carbons (Fsp3) is 0.200. The van der Waals surface area contributed by atoms with Gasteiger partial charge in [0, 0.05) is 18.3 Å². The van der Waals surface area contributed by atoms with Gasteiger partial charge in [0.05, 0.1) is 6.42 Å². The number of carboxylic acids is 1. The number of aromatic nitrogens is 1. The van der Waals surface area contributed by atoms with Crippen LogP contribution in [-0.4, -0.2) is 22.6 Å². The SMILES string of the molecule is CCNc1ccc(-c2ccc(CC(=O)O)cc2)cn1. The van der Waals surface area contributed by atoms with E-state index in [-0.39, 0.29) is 6.42 Å². The molecule has 0 unspecified atom stereocenters. The van der Waals surface area contributed by atoms with E-state index in [0.29, 0.717) is 0 Å². The van der Waals surface area contributed by atoms with Gasteiger partial charge in [-0.15, -0.1) is 0 Å². The van der Waals surface area contributed by atoms with Crippen molar-refractivity contribution < 1.29 is 9.90 Å². The molecule has 0 aliphatic rings. The summed E-state index contributed by atoms with van der Waals surface area (Å²) in [5, 5.41) is 11.9. The number of pyridine rings is 1. The minimum atomic E-state index is -0.815. The summed E-state index contributed by atoms with van der Waals surface area (Å²) >= 11 is 0. The Hall–Kier alpha value is -2.36. The maximum atomic E-state index is 10.6. The van der Waals surface area contributed by atoms with Crippen LogP contribution in [0.4, 0.5) is 5.82 Å². The summed E-state index contributed by atoms with van der Waals surface area (Å²) < 4.78 is 0. The third-order valence-electron chi connectivity index (χ3n) is 2.76. The summed E-state index contributed by atoms with van der Waals surface area (Å²) in [6, 6.07) is 11.4. The van der Waals surface area contributed by atoms with E-state index in [4.69, 9.17) is 5.11 Å². The van der Waals surface area contributed by atoms with E-state index in [1.54, 1.807) is 0 Å². The Morgan fingerprint density at radius 2 is 1.84 bits per heavy atom. The lowest BCUT2D eigenvalue weighted by Crippen LogP contribution is -1.99. The Morgan fingerprint density at radius 1 is 1.16 bits per heavy atom. The molecular formula is C15H16N2O2. The Labute approximate surface area is 112 Å². The van der Waals surface area contributed by atoms with Gasteiger partial charge in [0.15, 0.2) is 0 Å². The lowest BCUT2D eigenvalue weighted by Gasteiger charge is -2.05. The number of nitrogens with zero attached hydrogens (tertiary/aromatic N) is 1. The first-order valence-electron chi connectivity index (χ1n) is 6.20. The largest absolute Gasteiger partial charge is 0.481 e. The molecule has 2 rings (SSSR count). The van der Waals surface area contributed by atoms with Gasteiger partial charge in [-0.25, -0.2) is 4.98 Å². The highest BCUT2D eigenvalue weighted by Crippen LogP contribution is 2.20. The molecule has 98 valence electrons. The van der Waals surface area contributed by atoms with Gasteiger partial charge in [0.1, 0.15) is 5.82 Å². The zero-order valence-corrected chi connectivity index (χ0v) is 10.8. The molecule has 4 heteroatoms. The Bertz CT molecular complexity index is 547. The van der Waals surface area contributed by atoms with Gasteiger partial charge in [-0.2, -0.15) is 0 Å². The number of anilines is 1. The maximum Gasteiger partial charge on any atom is 0.307 e. The second-order valence-electron chi connectivity index (χ2n) is 4.23. The van der Waals surface area contributed by atoms with Crippen LogP contribution in [0.15, 0.2) is 42.6 Å². The van der Waals surface area contributed by atoms with Crippen molar-refractivity contribution >= 4 is 11.8 Å². The van der Waals surface area contributed by atoms with Gasteiger partial charge in [-0.05, 0) is 30.2 Å². The average Bonchev–Trinajstić information content (AvgIpc) is 2.40. The molecule has 2 N–H and O–H groups in total. The minimum Gasteiger partial charge on any atom is -0.481 e. The number of carbonyl (C=O) groups is 1. The van der Waals surface area contributed by atoms with E-state index in [2.05, 4.69) is 10.3 Å². The smallest absolute Gasteiger partial charge is 0.307 e. The zero-order valence-electron chi connectivity index (χ0n) is 10.8. The molecule has 2 aromatic rings. The molecule has 0 radical (unpaired) electrons. The number of benzene rings is 1. The lowest BCUT2D eigenvalue weighted by molar-refractivity contribution is -0.136. The molecule has 0 aliphatic carbocycles. The van der Waals surface area contributed by atoms with Crippen LogP contribution in [-0.2, 0) is 11.2 Å². The van der Waals surface area contributed by atoms with Gasteiger partial charge in [0.2, 0.25) is 0 Å². The van der Waals surface area contributed by atoms with E-state index in [1.807, 2.05) is 49.5 Å². The third kappa shape index (κ3) is 3.55. The molecule has 0 saturated carbocycles. The van der Waals surface area contributed by atoms with Gasteiger partial charge < -0.3 is 10.4 Å². The monoisotopic (exact) mass is 256 g/mol. The molecule has 0 fully saturated rings. The molecule has 0 saturated heterocycles. The highest BCUT2D eigenvalue weighted by Gasteiger charge is 2.02. The first-order valence-corrected chi connectivity index (χ1v) is 6.20. The second-order valence-corrected chi connectivity index (χ2v) is 4.23. The highest BCUT2D eigenvalue weighted by molar-refractivity contribution is 5.71. The summed E-state index contributed by atoms with van der Waals surface area (Å²) in [5.74, 6) is 0.0400. The highest BCUT2D eigenvalue weighted by atomic mass is 16.4. The minimum absolute atomic E-state index is 0.0535. The molecule has 1 heterocycles.